The number of amides is 1. The lowest BCUT2D eigenvalue weighted by Gasteiger charge is -2.34. The molecule has 1 amide bonds. The largest absolute Gasteiger partial charge is 0.476 e. The molecule has 8 nitrogen and oxygen atoms in total. The van der Waals surface area contributed by atoms with E-state index >= 15 is 4.39 Å². The van der Waals surface area contributed by atoms with E-state index in [0.717, 1.165) is 18.9 Å². The minimum Gasteiger partial charge on any atom is -0.476 e. The Hall–Kier alpha value is -2.79. The average Bonchev–Trinajstić information content (AvgIpc) is 3.73. The van der Waals surface area contributed by atoms with Gasteiger partial charge >= 0.3 is 0 Å². The minimum atomic E-state index is -1.13. The van der Waals surface area contributed by atoms with Crippen LogP contribution in [-0.2, 0) is 10.3 Å². The number of nitrogens with one attached hydrogen (secondary N) is 1. The zero-order valence-electron chi connectivity index (χ0n) is 19.7. The predicted octanol–water partition coefficient (Wildman–Crippen LogP) is 3.72. The number of carbonyl (C=O) groups excluding carboxylic acids is 1. The van der Waals surface area contributed by atoms with Crippen LogP contribution in [0.4, 0.5) is 14.5 Å². The van der Waals surface area contributed by atoms with Crippen LogP contribution in [-0.4, -0.2) is 46.1 Å². The number of aromatic nitrogens is 2. The molecule has 2 fully saturated rings. The standard InChI is InChI=1S/C24H27F2N5O3S/c1-12-20-23(2,31-22(27)35-24(12,20)11-33-3)15-6-14(7-16(25)19(15)26)30-21(32)17-8-29-18(9-28-17)34-10-13-4-5-13/h6-9,12-13,20H,4-5,10-11H2,1-3H3,(H2,27,31)(H,30,32)/t12?,20?,23-,24+/m1/s1. The molecule has 35 heavy (non-hydrogen) atoms. The molecule has 2 aliphatic carbocycles. The summed E-state index contributed by atoms with van der Waals surface area (Å²) in [4.78, 5) is 25.5. The molecule has 0 saturated heterocycles. The molecule has 3 N–H and O–H groups in total. The molecular formula is C24H27F2N5O3S. The lowest BCUT2D eigenvalue weighted by Crippen LogP contribution is -2.38. The van der Waals surface area contributed by atoms with Crippen LogP contribution in [0, 0.1) is 29.4 Å². The van der Waals surface area contributed by atoms with Crippen molar-refractivity contribution in [1.29, 1.82) is 0 Å². The summed E-state index contributed by atoms with van der Waals surface area (Å²) < 4.78 is 40.4. The number of nitrogens with zero attached hydrogens (tertiary/aromatic N) is 3. The molecule has 0 radical (unpaired) electrons. The molecule has 4 atom stereocenters. The minimum absolute atomic E-state index is 0.0209. The smallest absolute Gasteiger partial charge is 0.275 e. The van der Waals surface area contributed by atoms with E-state index in [1.807, 2.05) is 6.92 Å². The highest BCUT2D eigenvalue weighted by Crippen LogP contribution is 2.69. The Kier molecular flexibility index (Phi) is 5.95. The van der Waals surface area contributed by atoms with E-state index in [0.29, 0.717) is 30.2 Å². The van der Waals surface area contributed by atoms with Crippen LogP contribution in [0.5, 0.6) is 5.88 Å². The first-order valence-electron chi connectivity index (χ1n) is 11.5. The number of methoxy groups -OCH3 is 1. The molecule has 2 heterocycles. The Morgan fingerprint density at radius 1 is 1.29 bits per heavy atom. The van der Waals surface area contributed by atoms with Crippen molar-refractivity contribution in [3.63, 3.8) is 0 Å². The summed E-state index contributed by atoms with van der Waals surface area (Å²) >= 11 is 1.42. The number of benzene rings is 1. The first-order valence-corrected chi connectivity index (χ1v) is 12.3. The summed E-state index contributed by atoms with van der Waals surface area (Å²) in [5.41, 5.74) is 5.13. The van der Waals surface area contributed by atoms with Crippen molar-refractivity contribution in [3.05, 3.63) is 47.4 Å². The van der Waals surface area contributed by atoms with Gasteiger partial charge in [-0.25, -0.2) is 18.7 Å². The summed E-state index contributed by atoms with van der Waals surface area (Å²) in [6.45, 7) is 4.76. The number of hydrogen-bond donors (Lipinski definition) is 2. The molecule has 186 valence electrons. The molecule has 2 aromatic rings. The molecule has 0 bridgehead atoms. The van der Waals surface area contributed by atoms with Crippen LogP contribution in [0.15, 0.2) is 29.5 Å². The lowest BCUT2D eigenvalue weighted by atomic mass is 9.84. The zero-order chi connectivity index (χ0) is 25.0. The summed E-state index contributed by atoms with van der Waals surface area (Å²) in [5.74, 6) is -1.84. The summed E-state index contributed by atoms with van der Waals surface area (Å²) in [6.07, 6.45) is 4.95. The van der Waals surface area contributed by atoms with E-state index in [4.69, 9.17) is 15.2 Å². The van der Waals surface area contributed by atoms with Gasteiger partial charge in [-0.05, 0) is 37.7 Å². The molecule has 2 unspecified atom stereocenters. The van der Waals surface area contributed by atoms with Crippen molar-refractivity contribution in [2.45, 2.75) is 37.0 Å². The van der Waals surface area contributed by atoms with Gasteiger partial charge in [0.1, 0.15) is 5.69 Å². The van der Waals surface area contributed by atoms with Crippen LogP contribution >= 0.6 is 11.8 Å². The second-order valence-electron chi connectivity index (χ2n) is 9.62. The van der Waals surface area contributed by atoms with Crippen LogP contribution in [0.2, 0.25) is 0 Å². The Morgan fingerprint density at radius 2 is 2.06 bits per heavy atom. The number of carbonyl (C=O) groups is 1. The number of rotatable bonds is 8. The second kappa shape index (κ2) is 8.70. The van der Waals surface area contributed by atoms with Crippen molar-refractivity contribution in [3.8, 4) is 5.88 Å². The van der Waals surface area contributed by atoms with Crippen molar-refractivity contribution >= 4 is 28.5 Å². The van der Waals surface area contributed by atoms with Crippen LogP contribution in [0.25, 0.3) is 0 Å². The highest BCUT2D eigenvalue weighted by atomic mass is 32.2. The SMILES string of the molecule is COC[C@@]12SC(N)=N[C@](C)(c3cc(NC(=O)c4cnc(OCC5CC5)cn4)cc(F)c3F)C1C2C. The quantitative estimate of drug-likeness (QED) is 0.565. The molecule has 11 heteroatoms. The monoisotopic (exact) mass is 503 g/mol. The van der Waals surface area contributed by atoms with Crippen molar-refractivity contribution in [1.82, 2.24) is 9.97 Å². The highest BCUT2D eigenvalue weighted by Gasteiger charge is 2.72. The maximum atomic E-state index is 15.1. The number of hydrogen-bond acceptors (Lipinski definition) is 8. The van der Waals surface area contributed by atoms with Gasteiger partial charge in [0.15, 0.2) is 16.8 Å². The van der Waals surface area contributed by atoms with Gasteiger partial charge in [0.05, 0.1) is 35.9 Å². The predicted molar refractivity (Wildman–Crippen MR) is 128 cm³/mol. The summed E-state index contributed by atoms with van der Waals surface area (Å²) in [6, 6.07) is 2.34. The fraction of sp³-hybridized carbons (Fsp3) is 0.500. The first kappa shape index (κ1) is 23.9. The molecule has 0 spiro atoms. The van der Waals surface area contributed by atoms with E-state index in [1.54, 1.807) is 14.0 Å². The van der Waals surface area contributed by atoms with Gasteiger partial charge < -0.3 is 20.5 Å². The fourth-order valence-corrected chi connectivity index (χ4v) is 6.77. The Morgan fingerprint density at radius 3 is 2.71 bits per heavy atom. The number of anilines is 1. The van der Waals surface area contributed by atoms with E-state index in [1.165, 1.54) is 30.2 Å². The molecule has 2 saturated carbocycles. The van der Waals surface area contributed by atoms with Crippen LogP contribution < -0.4 is 15.8 Å². The molecule has 5 rings (SSSR count). The third kappa shape index (κ3) is 4.24. The molecule has 1 aromatic carbocycles. The molecule has 1 aromatic heterocycles. The van der Waals surface area contributed by atoms with Crippen molar-refractivity contribution in [2.24, 2.45) is 28.5 Å². The van der Waals surface area contributed by atoms with Gasteiger partial charge in [0.2, 0.25) is 5.88 Å². The van der Waals surface area contributed by atoms with E-state index in [-0.39, 0.29) is 33.5 Å². The van der Waals surface area contributed by atoms with E-state index in [9.17, 15) is 9.18 Å². The highest BCUT2D eigenvalue weighted by molar-refractivity contribution is 8.15. The maximum Gasteiger partial charge on any atom is 0.275 e. The van der Waals surface area contributed by atoms with E-state index < -0.39 is 23.1 Å². The maximum absolute atomic E-state index is 15.1. The van der Waals surface area contributed by atoms with E-state index in [2.05, 4.69) is 20.3 Å². The number of fused-ring (bicyclic) bond motifs is 1. The number of amidine groups is 1. The number of nitrogens with two attached hydrogens (primary N) is 1. The molecule has 1 aliphatic heterocycles. The number of aliphatic imine (C=N–C) groups is 1. The Balaban J connectivity index is 1.39. The third-order valence-corrected chi connectivity index (χ3v) is 8.58. The van der Waals surface area contributed by atoms with Gasteiger partial charge in [-0.3, -0.25) is 9.79 Å². The number of ether oxygens (including phenoxy) is 2. The first-order chi connectivity index (χ1) is 16.7. The van der Waals surface area contributed by atoms with Gasteiger partial charge in [-0.1, -0.05) is 18.7 Å². The molecular weight excluding hydrogens is 476 g/mol. The fourth-order valence-electron chi connectivity index (χ4n) is 5.16. The van der Waals surface area contributed by atoms with Crippen molar-refractivity contribution in [2.75, 3.05) is 25.6 Å². The zero-order valence-corrected chi connectivity index (χ0v) is 20.5. The molecule has 3 aliphatic rings. The van der Waals surface area contributed by atoms with Crippen LogP contribution in [0.1, 0.15) is 42.7 Å². The van der Waals surface area contributed by atoms with Crippen LogP contribution in [0.3, 0.4) is 0 Å². The third-order valence-electron chi connectivity index (χ3n) is 7.16. The summed E-state index contributed by atoms with van der Waals surface area (Å²) in [5, 5.41) is 2.88. The summed E-state index contributed by atoms with van der Waals surface area (Å²) in [7, 11) is 1.60. The number of halogens is 2. The second-order valence-corrected chi connectivity index (χ2v) is 11.0. The average molecular weight is 504 g/mol. The van der Waals surface area contributed by atoms with Gasteiger partial charge in [0.25, 0.3) is 5.91 Å². The van der Waals surface area contributed by atoms with Crippen molar-refractivity contribution < 1.29 is 23.0 Å². The van der Waals surface area contributed by atoms with Gasteiger partial charge in [-0.2, -0.15) is 0 Å². The number of thioether (sulfide) groups is 1. The Labute approximate surface area is 206 Å². The topological polar surface area (TPSA) is 112 Å². The van der Waals surface area contributed by atoms with Gasteiger partial charge in [0, 0.05) is 30.3 Å². The van der Waals surface area contributed by atoms with Gasteiger partial charge in [-0.15, -0.1) is 0 Å². The normalized spacial score (nSPS) is 29.2. The Bertz CT molecular complexity index is 1190. The lowest BCUT2D eigenvalue weighted by molar-refractivity contribution is 0.102.